The number of anilines is 2. The second-order valence-electron chi connectivity index (χ2n) is 7.95. The third kappa shape index (κ3) is 5.19. The zero-order valence-corrected chi connectivity index (χ0v) is 19.3. The molecular formula is C25H28ClN5O. The molecule has 0 radical (unpaired) electrons. The van der Waals surface area contributed by atoms with E-state index in [9.17, 15) is 4.79 Å². The normalized spacial score (nSPS) is 13.8. The number of piperazine rings is 1. The molecule has 0 atom stereocenters. The van der Waals surface area contributed by atoms with Gasteiger partial charge in [0.05, 0.1) is 0 Å². The third-order valence-corrected chi connectivity index (χ3v) is 5.96. The minimum Gasteiger partial charge on any atom is -0.353 e. The molecule has 7 heteroatoms. The fourth-order valence-corrected chi connectivity index (χ4v) is 4.16. The van der Waals surface area contributed by atoms with Crippen LogP contribution in [0.2, 0.25) is 5.02 Å². The van der Waals surface area contributed by atoms with Crippen molar-refractivity contribution >= 4 is 29.1 Å². The number of urea groups is 1. The second-order valence-corrected chi connectivity index (χ2v) is 8.38. The monoisotopic (exact) mass is 449 g/mol. The predicted molar refractivity (Wildman–Crippen MR) is 130 cm³/mol. The highest BCUT2D eigenvalue weighted by atomic mass is 35.5. The Bertz CT molecular complexity index is 1060. The molecule has 1 N–H and O–H groups in total. The minimum absolute atomic E-state index is 0.0930. The number of hydrogen-bond acceptors (Lipinski definition) is 4. The van der Waals surface area contributed by atoms with Gasteiger partial charge in [0.15, 0.2) is 0 Å². The fourth-order valence-electron chi connectivity index (χ4n) is 4.03. The smallest absolute Gasteiger partial charge is 0.321 e. The molecule has 1 aliphatic rings. The molecule has 0 aliphatic carbocycles. The first-order valence-electron chi connectivity index (χ1n) is 11.0. The standard InChI is InChI=1S/C25H28ClN5O/c1-3-23-22(17-19-7-5-4-6-8-19)24(28-18(2)27-23)30-13-15-31(16-14-30)25(32)29-21-11-9-20(26)10-12-21/h4-12H,3,13-17H2,1-2H3,(H,29,32). The lowest BCUT2D eigenvalue weighted by Gasteiger charge is -2.36. The number of carbonyl (C=O) groups excluding carboxylic acids is 1. The molecule has 6 nitrogen and oxygen atoms in total. The van der Waals surface area contributed by atoms with Gasteiger partial charge in [-0.3, -0.25) is 0 Å². The van der Waals surface area contributed by atoms with Crippen molar-refractivity contribution in [3.05, 3.63) is 82.3 Å². The SMILES string of the molecule is CCc1nc(C)nc(N2CCN(C(=O)Nc3ccc(Cl)cc3)CC2)c1Cc1ccccc1. The van der Waals surface area contributed by atoms with Crippen LogP contribution in [0.5, 0.6) is 0 Å². The molecule has 3 aromatic rings. The lowest BCUT2D eigenvalue weighted by atomic mass is 10.0. The van der Waals surface area contributed by atoms with Gasteiger partial charge in [-0.1, -0.05) is 48.9 Å². The fraction of sp³-hybridized carbons (Fsp3) is 0.320. The van der Waals surface area contributed by atoms with Crippen LogP contribution in [0.4, 0.5) is 16.3 Å². The van der Waals surface area contributed by atoms with E-state index in [1.165, 1.54) is 11.1 Å². The Balaban J connectivity index is 1.48. The maximum Gasteiger partial charge on any atom is 0.321 e. The molecule has 0 bridgehead atoms. The minimum atomic E-state index is -0.0930. The number of nitrogens with zero attached hydrogens (tertiary/aromatic N) is 4. The summed E-state index contributed by atoms with van der Waals surface area (Å²) in [5.41, 5.74) is 4.27. The topological polar surface area (TPSA) is 61.4 Å². The molecule has 0 unspecified atom stereocenters. The summed E-state index contributed by atoms with van der Waals surface area (Å²) in [7, 11) is 0. The molecule has 1 saturated heterocycles. The molecule has 1 aromatic heterocycles. The van der Waals surface area contributed by atoms with Crippen LogP contribution >= 0.6 is 11.6 Å². The first-order valence-corrected chi connectivity index (χ1v) is 11.4. The first-order chi connectivity index (χ1) is 15.5. The number of hydrogen-bond donors (Lipinski definition) is 1. The van der Waals surface area contributed by atoms with Gasteiger partial charge in [0.25, 0.3) is 0 Å². The van der Waals surface area contributed by atoms with Crippen molar-refractivity contribution in [3.63, 3.8) is 0 Å². The van der Waals surface area contributed by atoms with Crippen LogP contribution in [0, 0.1) is 6.92 Å². The van der Waals surface area contributed by atoms with Crippen molar-refractivity contribution < 1.29 is 4.79 Å². The van der Waals surface area contributed by atoms with Crippen LogP contribution < -0.4 is 10.2 Å². The highest BCUT2D eigenvalue weighted by Gasteiger charge is 2.25. The van der Waals surface area contributed by atoms with Crippen molar-refractivity contribution in [2.24, 2.45) is 0 Å². The Morgan fingerprint density at radius 1 is 1.00 bits per heavy atom. The van der Waals surface area contributed by atoms with Crippen molar-refractivity contribution in [1.29, 1.82) is 0 Å². The summed E-state index contributed by atoms with van der Waals surface area (Å²) in [5, 5.41) is 3.60. The van der Waals surface area contributed by atoms with Crippen LogP contribution in [0.3, 0.4) is 0 Å². The predicted octanol–water partition coefficient (Wildman–Crippen LogP) is 4.95. The molecule has 166 valence electrons. The van der Waals surface area contributed by atoms with Crippen LogP contribution in [0.15, 0.2) is 54.6 Å². The summed E-state index contributed by atoms with van der Waals surface area (Å²) >= 11 is 5.93. The molecule has 32 heavy (non-hydrogen) atoms. The van der Waals surface area contributed by atoms with Gasteiger partial charge in [-0.25, -0.2) is 14.8 Å². The number of nitrogens with one attached hydrogen (secondary N) is 1. The molecule has 2 heterocycles. The van der Waals surface area contributed by atoms with Gasteiger partial charge in [-0.15, -0.1) is 0 Å². The van der Waals surface area contributed by atoms with E-state index in [1.54, 1.807) is 12.1 Å². The van der Waals surface area contributed by atoms with Crippen molar-refractivity contribution in [3.8, 4) is 0 Å². The van der Waals surface area contributed by atoms with Gasteiger partial charge in [0.2, 0.25) is 0 Å². The Labute approximate surface area is 194 Å². The molecule has 1 aliphatic heterocycles. The van der Waals surface area contributed by atoms with Gasteiger partial charge in [-0.05, 0) is 43.2 Å². The van der Waals surface area contributed by atoms with E-state index < -0.39 is 0 Å². The average molecular weight is 450 g/mol. The average Bonchev–Trinajstić information content (AvgIpc) is 2.82. The highest BCUT2D eigenvalue weighted by Crippen LogP contribution is 2.26. The van der Waals surface area contributed by atoms with Crippen LogP contribution in [-0.2, 0) is 12.8 Å². The maximum atomic E-state index is 12.7. The van der Waals surface area contributed by atoms with Crippen LogP contribution in [0.25, 0.3) is 0 Å². The summed E-state index contributed by atoms with van der Waals surface area (Å²) < 4.78 is 0. The van der Waals surface area contributed by atoms with E-state index in [4.69, 9.17) is 21.6 Å². The quantitative estimate of drug-likeness (QED) is 0.599. The largest absolute Gasteiger partial charge is 0.353 e. The van der Waals surface area contributed by atoms with E-state index >= 15 is 0 Å². The number of carbonyl (C=O) groups is 1. The number of aromatic nitrogens is 2. The van der Waals surface area contributed by atoms with E-state index in [0.29, 0.717) is 18.1 Å². The molecule has 2 amide bonds. The summed E-state index contributed by atoms with van der Waals surface area (Å²) in [5.74, 6) is 1.78. The van der Waals surface area contributed by atoms with Gasteiger partial charge in [0.1, 0.15) is 11.6 Å². The van der Waals surface area contributed by atoms with Crippen molar-refractivity contribution in [2.75, 3.05) is 36.4 Å². The summed E-state index contributed by atoms with van der Waals surface area (Å²) in [6, 6.07) is 17.5. The van der Waals surface area contributed by atoms with Crippen LogP contribution in [-0.4, -0.2) is 47.1 Å². The molecule has 4 rings (SSSR count). The zero-order valence-electron chi connectivity index (χ0n) is 18.5. The van der Waals surface area contributed by atoms with E-state index in [2.05, 4.69) is 41.4 Å². The lowest BCUT2D eigenvalue weighted by molar-refractivity contribution is 0.208. The lowest BCUT2D eigenvalue weighted by Crippen LogP contribution is -2.50. The number of rotatable bonds is 5. The van der Waals surface area contributed by atoms with E-state index in [-0.39, 0.29) is 6.03 Å². The van der Waals surface area contributed by atoms with Crippen molar-refractivity contribution in [2.45, 2.75) is 26.7 Å². The summed E-state index contributed by atoms with van der Waals surface area (Å²) in [6.45, 7) is 6.82. The van der Waals surface area contributed by atoms with Gasteiger partial charge in [0, 0.05) is 54.6 Å². The first kappa shape index (κ1) is 22.1. The van der Waals surface area contributed by atoms with Crippen molar-refractivity contribution in [1.82, 2.24) is 14.9 Å². The van der Waals surface area contributed by atoms with E-state index in [1.807, 2.05) is 30.0 Å². The second kappa shape index (κ2) is 10.0. The number of aryl methyl sites for hydroxylation is 2. The van der Waals surface area contributed by atoms with Crippen LogP contribution in [0.1, 0.15) is 29.6 Å². The Kier molecular flexibility index (Phi) is 6.90. The molecule has 1 fully saturated rings. The Morgan fingerprint density at radius 3 is 2.34 bits per heavy atom. The molecular weight excluding hydrogens is 422 g/mol. The van der Waals surface area contributed by atoms with Gasteiger partial charge in [-0.2, -0.15) is 0 Å². The molecule has 0 spiro atoms. The summed E-state index contributed by atoms with van der Waals surface area (Å²) in [4.78, 5) is 26.4. The third-order valence-electron chi connectivity index (χ3n) is 5.70. The zero-order chi connectivity index (χ0) is 22.5. The maximum absolute atomic E-state index is 12.7. The highest BCUT2D eigenvalue weighted by molar-refractivity contribution is 6.30. The number of benzene rings is 2. The molecule has 0 saturated carbocycles. The Hall–Kier alpha value is -3.12. The summed E-state index contributed by atoms with van der Waals surface area (Å²) in [6.07, 6.45) is 1.67. The van der Waals surface area contributed by atoms with Gasteiger partial charge < -0.3 is 15.1 Å². The van der Waals surface area contributed by atoms with Gasteiger partial charge >= 0.3 is 6.03 Å². The Morgan fingerprint density at radius 2 is 1.69 bits per heavy atom. The van der Waals surface area contributed by atoms with E-state index in [0.717, 1.165) is 49.0 Å². The molecule has 2 aromatic carbocycles. The number of amides is 2. The number of halogens is 1.